The van der Waals surface area contributed by atoms with Crippen molar-refractivity contribution in [1.29, 1.82) is 5.41 Å². The van der Waals surface area contributed by atoms with Crippen molar-refractivity contribution < 1.29 is 0 Å². The fourth-order valence-electron chi connectivity index (χ4n) is 2.16. The number of hydrogen-bond acceptors (Lipinski definition) is 3. The van der Waals surface area contributed by atoms with Gasteiger partial charge in [-0.25, -0.2) is 4.98 Å². The number of rotatable bonds is 2. The summed E-state index contributed by atoms with van der Waals surface area (Å²) in [6.07, 6.45) is 0. The first-order chi connectivity index (χ1) is 8.24. The van der Waals surface area contributed by atoms with Crippen LogP contribution in [0.2, 0.25) is 0 Å². The maximum atomic E-state index is 8.15. The number of aryl methyl sites for hydroxylation is 1. The van der Waals surface area contributed by atoms with Crippen LogP contribution in [0.15, 0.2) is 29.6 Å². The molecule has 0 saturated heterocycles. The highest BCUT2D eigenvalue weighted by atomic mass is 32.1. The molecule has 0 radical (unpaired) electrons. The molecule has 1 N–H and O–H groups in total. The molecule has 17 heavy (non-hydrogen) atoms. The molecule has 0 aliphatic carbocycles. The summed E-state index contributed by atoms with van der Waals surface area (Å²) in [7, 11) is 0. The summed E-state index contributed by atoms with van der Waals surface area (Å²) >= 11 is 1.66. The Bertz CT molecular complexity index is 574. The van der Waals surface area contributed by atoms with Crippen LogP contribution in [0, 0.1) is 12.3 Å². The van der Waals surface area contributed by atoms with Gasteiger partial charge in [-0.2, -0.15) is 0 Å². The summed E-state index contributed by atoms with van der Waals surface area (Å²) in [6.45, 7) is 3.57. The Morgan fingerprint density at radius 1 is 1.41 bits per heavy atom. The third-order valence-electron chi connectivity index (χ3n) is 2.97. The van der Waals surface area contributed by atoms with Crippen LogP contribution in [0.1, 0.15) is 21.8 Å². The smallest absolute Gasteiger partial charge is 0.129 e. The van der Waals surface area contributed by atoms with Crippen LogP contribution in [0.5, 0.6) is 0 Å². The zero-order valence-electron chi connectivity index (χ0n) is 9.60. The number of nitrogens with zero attached hydrogens (tertiary/aromatic N) is 2. The molecule has 1 aliphatic heterocycles. The van der Waals surface area contributed by atoms with Gasteiger partial charge in [0.1, 0.15) is 5.84 Å². The van der Waals surface area contributed by atoms with Gasteiger partial charge in [0.25, 0.3) is 0 Å². The summed E-state index contributed by atoms with van der Waals surface area (Å²) in [4.78, 5) is 6.52. The summed E-state index contributed by atoms with van der Waals surface area (Å²) in [6, 6.07) is 8.13. The molecule has 0 unspecified atom stereocenters. The van der Waals surface area contributed by atoms with Gasteiger partial charge in [0.05, 0.1) is 17.2 Å². The lowest BCUT2D eigenvalue weighted by Crippen LogP contribution is -2.23. The maximum absolute atomic E-state index is 8.15. The van der Waals surface area contributed by atoms with Gasteiger partial charge < -0.3 is 4.90 Å². The number of amidine groups is 1. The van der Waals surface area contributed by atoms with E-state index in [1.165, 1.54) is 5.56 Å². The van der Waals surface area contributed by atoms with Crippen LogP contribution in [0.25, 0.3) is 0 Å². The van der Waals surface area contributed by atoms with Crippen LogP contribution < -0.4 is 0 Å². The van der Waals surface area contributed by atoms with E-state index in [4.69, 9.17) is 5.41 Å². The van der Waals surface area contributed by atoms with Gasteiger partial charge >= 0.3 is 0 Å². The van der Waals surface area contributed by atoms with Crippen molar-refractivity contribution in [3.63, 3.8) is 0 Å². The second-order valence-corrected chi connectivity index (χ2v) is 5.28. The van der Waals surface area contributed by atoms with Crippen molar-refractivity contribution in [2.45, 2.75) is 20.0 Å². The number of nitrogens with one attached hydrogen (secondary N) is 1. The van der Waals surface area contributed by atoms with Gasteiger partial charge in [-0.05, 0) is 12.5 Å². The molecule has 1 aromatic carbocycles. The molecule has 4 heteroatoms. The molecule has 0 amide bonds. The van der Waals surface area contributed by atoms with E-state index in [1.54, 1.807) is 11.3 Å². The van der Waals surface area contributed by atoms with Gasteiger partial charge in [0.2, 0.25) is 0 Å². The molecule has 0 spiro atoms. The Labute approximate surface area is 104 Å². The van der Waals surface area contributed by atoms with Crippen molar-refractivity contribution in [2.24, 2.45) is 0 Å². The molecule has 2 aromatic rings. The van der Waals surface area contributed by atoms with Crippen molar-refractivity contribution in [3.8, 4) is 0 Å². The van der Waals surface area contributed by atoms with E-state index in [1.807, 2.05) is 25.1 Å². The molecule has 0 fully saturated rings. The molecule has 1 aromatic heterocycles. The van der Waals surface area contributed by atoms with E-state index >= 15 is 0 Å². The molecule has 0 atom stereocenters. The van der Waals surface area contributed by atoms with Crippen LogP contribution in [0.4, 0.5) is 0 Å². The SMILES string of the molecule is Cc1nc(CN2Cc3ccccc3C2=N)cs1. The highest BCUT2D eigenvalue weighted by molar-refractivity contribution is 7.09. The zero-order chi connectivity index (χ0) is 11.8. The van der Waals surface area contributed by atoms with Crippen LogP contribution in [-0.4, -0.2) is 15.7 Å². The molecule has 86 valence electrons. The first kappa shape index (κ1) is 10.5. The lowest BCUT2D eigenvalue weighted by molar-refractivity contribution is 0.417. The van der Waals surface area contributed by atoms with E-state index in [-0.39, 0.29) is 0 Å². The quantitative estimate of drug-likeness (QED) is 0.881. The van der Waals surface area contributed by atoms with E-state index < -0.39 is 0 Å². The number of fused-ring (bicyclic) bond motifs is 1. The summed E-state index contributed by atoms with van der Waals surface area (Å²) in [5, 5.41) is 11.3. The van der Waals surface area contributed by atoms with Gasteiger partial charge in [-0.3, -0.25) is 5.41 Å². The van der Waals surface area contributed by atoms with Crippen LogP contribution in [0.3, 0.4) is 0 Å². The first-order valence-electron chi connectivity index (χ1n) is 5.57. The molecule has 2 heterocycles. The molecule has 3 nitrogen and oxygen atoms in total. The van der Waals surface area contributed by atoms with Crippen molar-refractivity contribution in [2.75, 3.05) is 0 Å². The number of aromatic nitrogens is 1. The highest BCUT2D eigenvalue weighted by Gasteiger charge is 2.23. The predicted octanol–water partition coefficient (Wildman–Crippen LogP) is 2.79. The fraction of sp³-hybridized carbons (Fsp3) is 0.231. The van der Waals surface area contributed by atoms with Gasteiger partial charge in [0, 0.05) is 17.5 Å². The Kier molecular flexibility index (Phi) is 2.44. The van der Waals surface area contributed by atoms with Crippen LogP contribution >= 0.6 is 11.3 Å². The number of thiazole rings is 1. The van der Waals surface area contributed by atoms with Gasteiger partial charge in [0.15, 0.2) is 0 Å². The number of benzene rings is 1. The minimum Gasteiger partial charge on any atom is -0.346 e. The molecule has 0 saturated carbocycles. The fourth-order valence-corrected chi connectivity index (χ4v) is 2.76. The Balaban J connectivity index is 1.82. The van der Waals surface area contributed by atoms with Crippen molar-refractivity contribution in [1.82, 2.24) is 9.88 Å². The number of hydrogen-bond donors (Lipinski definition) is 1. The average Bonchev–Trinajstić information content (AvgIpc) is 2.86. The normalized spacial score (nSPS) is 14.2. The van der Waals surface area contributed by atoms with E-state index in [9.17, 15) is 0 Å². The molecule has 3 rings (SSSR count). The molecular formula is C13H13N3S. The first-order valence-corrected chi connectivity index (χ1v) is 6.45. The van der Waals surface area contributed by atoms with E-state index in [2.05, 4.69) is 21.3 Å². The van der Waals surface area contributed by atoms with Gasteiger partial charge in [-0.15, -0.1) is 11.3 Å². The van der Waals surface area contributed by atoms with Crippen molar-refractivity contribution in [3.05, 3.63) is 51.5 Å². The monoisotopic (exact) mass is 243 g/mol. The van der Waals surface area contributed by atoms with Crippen LogP contribution in [-0.2, 0) is 13.1 Å². The summed E-state index contributed by atoms with van der Waals surface area (Å²) in [5.74, 6) is 0.617. The third-order valence-corrected chi connectivity index (χ3v) is 3.79. The topological polar surface area (TPSA) is 40.0 Å². The standard InChI is InChI=1S/C13H13N3S/c1-9-15-11(8-17-9)7-16-6-10-4-2-3-5-12(10)13(16)14/h2-5,8,14H,6-7H2,1H3. The Hall–Kier alpha value is -1.68. The zero-order valence-corrected chi connectivity index (χ0v) is 10.4. The second-order valence-electron chi connectivity index (χ2n) is 4.22. The molecule has 0 bridgehead atoms. The highest BCUT2D eigenvalue weighted by Crippen LogP contribution is 2.24. The van der Waals surface area contributed by atoms with Crippen molar-refractivity contribution >= 4 is 17.2 Å². The average molecular weight is 243 g/mol. The Morgan fingerprint density at radius 3 is 2.94 bits per heavy atom. The maximum Gasteiger partial charge on any atom is 0.129 e. The minimum absolute atomic E-state index is 0.617. The predicted molar refractivity (Wildman–Crippen MR) is 69.4 cm³/mol. The summed E-state index contributed by atoms with van der Waals surface area (Å²) < 4.78 is 0. The Morgan fingerprint density at radius 2 is 2.24 bits per heavy atom. The van der Waals surface area contributed by atoms with E-state index in [0.29, 0.717) is 5.84 Å². The van der Waals surface area contributed by atoms with E-state index in [0.717, 1.165) is 29.4 Å². The molecular weight excluding hydrogens is 230 g/mol. The lowest BCUT2D eigenvalue weighted by atomic mass is 10.1. The lowest BCUT2D eigenvalue weighted by Gasteiger charge is -2.16. The van der Waals surface area contributed by atoms with Gasteiger partial charge in [-0.1, -0.05) is 24.3 Å². The summed E-state index contributed by atoms with van der Waals surface area (Å²) in [5.41, 5.74) is 3.36. The second kappa shape index (κ2) is 3.96. The molecule has 1 aliphatic rings. The minimum atomic E-state index is 0.617. The third kappa shape index (κ3) is 1.85. The largest absolute Gasteiger partial charge is 0.346 e.